The minimum absolute atomic E-state index is 0.00864. The van der Waals surface area contributed by atoms with Crippen LogP contribution < -0.4 is 11.2 Å². The maximum atomic E-state index is 11.6. The summed E-state index contributed by atoms with van der Waals surface area (Å²) in [7, 11) is 0. The van der Waals surface area contributed by atoms with Crippen molar-refractivity contribution in [2.24, 2.45) is 11.1 Å². The Morgan fingerprint density at radius 3 is 2.71 bits per heavy atom. The van der Waals surface area contributed by atoms with Crippen LogP contribution in [-0.4, -0.2) is 30.0 Å². The molecule has 0 aromatic carbocycles. The summed E-state index contributed by atoms with van der Waals surface area (Å²) in [6, 6.07) is 0.316. The number of hydrogen-bond donors (Lipinski definition) is 2. The van der Waals surface area contributed by atoms with Crippen molar-refractivity contribution in [2.45, 2.75) is 39.7 Å². The van der Waals surface area contributed by atoms with E-state index in [1.807, 2.05) is 0 Å². The van der Waals surface area contributed by atoms with Gasteiger partial charge in [-0.15, -0.1) is 0 Å². The van der Waals surface area contributed by atoms with Crippen LogP contribution in [0.25, 0.3) is 0 Å². The van der Waals surface area contributed by atoms with Crippen molar-refractivity contribution in [3.8, 4) is 0 Å². The number of rotatable bonds is 4. The Bertz CT molecular complexity index is 215. The summed E-state index contributed by atoms with van der Waals surface area (Å²) in [4.78, 5) is 11.6. The Balaban J connectivity index is 2.50. The number of carbonyl (C=O) groups excluding carboxylic acids is 1. The van der Waals surface area contributed by atoms with Gasteiger partial charge < -0.3 is 5.73 Å². The predicted molar refractivity (Wildman–Crippen MR) is 56.4 cm³/mol. The molecule has 3 N–H and O–H groups in total. The highest BCUT2D eigenvalue weighted by Crippen LogP contribution is 2.18. The fourth-order valence-electron chi connectivity index (χ4n) is 1.52. The summed E-state index contributed by atoms with van der Waals surface area (Å²) < 4.78 is 0. The van der Waals surface area contributed by atoms with Gasteiger partial charge in [-0.25, -0.2) is 5.43 Å². The number of amides is 1. The topological polar surface area (TPSA) is 58.4 Å². The Morgan fingerprint density at radius 1 is 1.64 bits per heavy atom. The number of hydrogen-bond acceptors (Lipinski definition) is 3. The van der Waals surface area contributed by atoms with Gasteiger partial charge in [0.2, 0.25) is 5.91 Å². The smallest absolute Gasteiger partial charge is 0.238 e. The third kappa shape index (κ3) is 2.69. The molecule has 0 spiro atoms. The molecule has 1 heterocycles. The highest BCUT2D eigenvalue weighted by atomic mass is 16.2. The molecule has 0 bridgehead atoms. The van der Waals surface area contributed by atoms with Gasteiger partial charge in [0.1, 0.15) is 0 Å². The number of hydrazine groups is 1. The molecule has 82 valence electrons. The van der Waals surface area contributed by atoms with Gasteiger partial charge in [0.15, 0.2) is 0 Å². The van der Waals surface area contributed by atoms with Gasteiger partial charge >= 0.3 is 0 Å². The monoisotopic (exact) mass is 199 g/mol. The Morgan fingerprint density at radius 2 is 2.29 bits per heavy atom. The van der Waals surface area contributed by atoms with Crippen LogP contribution in [0, 0.1) is 5.41 Å². The molecule has 1 amide bonds. The Labute approximate surface area is 85.8 Å². The number of nitrogens with zero attached hydrogens (tertiary/aromatic N) is 1. The zero-order valence-corrected chi connectivity index (χ0v) is 9.34. The van der Waals surface area contributed by atoms with Gasteiger partial charge in [0.05, 0.1) is 0 Å². The lowest BCUT2D eigenvalue weighted by atomic mass is 9.94. The highest BCUT2D eigenvalue weighted by Gasteiger charge is 2.31. The van der Waals surface area contributed by atoms with Gasteiger partial charge in [0.25, 0.3) is 0 Å². The van der Waals surface area contributed by atoms with Crippen LogP contribution in [0.15, 0.2) is 0 Å². The molecular weight excluding hydrogens is 178 g/mol. The molecule has 4 heteroatoms. The first-order valence-corrected chi connectivity index (χ1v) is 5.25. The molecule has 1 rings (SSSR count). The molecule has 1 unspecified atom stereocenters. The SMILES string of the molecule is CCC1CC(=O)N(CC(C)(C)CN)N1. The summed E-state index contributed by atoms with van der Waals surface area (Å²) in [5.74, 6) is 0.193. The maximum Gasteiger partial charge on any atom is 0.238 e. The lowest BCUT2D eigenvalue weighted by Crippen LogP contribution is -2.45. The second-order valence-electron chi connectivity index (χ2n) is 4.79. The fourth-order valence-corrected chi connectivity index (χ4v) is 1.52. The van der Waals surface area contributed by atoms with E-state index < -0.39 is 0 Å². The maximum absolute atomic E-state index is 11.6. The highest BCUT2D eigenvalue weighted by molar-refractivity contribution is 5.78. The molecule has 0 radical (unpaired) electrons. The van der Waals surface area contributed by atoms with Crippen LogP contribution >= 0.6 is 0 Å². The molecule has 1 saturated heterocycles. The van der Waals surface area contributed by atoms with E-state index in [0.717, 1.165) is 6.42 Å². The zero-order valence-electron chi connectivity index (χ0n) is 9.34. The predicted octanol–water partition coefficient (Wildman–Crippen LogP) is 0.487. The third-order valence-electron chi connectivity index (χ3n) is 2.69. The zero-order chi connectivity index (χ0) is 10.8. The van der Waals surface area contributed by atoms with Crippen molar-refractivity contribution in [1.82, 2.24) is 10.4 Å². The average molecular weight is 199 g/mol. The second-order valence-corrected chi connectivity index (χ2v) is 4.79. The van der Waals surface area contributed by atoms with E-state index in [1.54, 1.807) is 5.01 Å². The van der Waals surface area contributed by atoms with Crippen LogP contribution in [0.3, 0.4) is 0 Å². The molecular formula is C10H21N3O. The van der Waals surface area contributed by atoms with Gasteiger partial charge in [-0.2, -0.15) is 0 Å². The van der Waals surface area contributed by atoms with Gasteiger partial charge in [0, 0.05) is 19.0 Å². The Hall–Kier alpha value is -0.610. The van der Waals surface area contributed by atoms with E-state index in [4.69, 9.17) is 5.73 Å². The van der Waals surface area contributed by atoms with Crippen LogP contribution in [0.1, 0.15) is 33.6 Å². The quantitative estimate of drug-likeness (QED) is 0.692. The summed E-state index contributed by atoms with van der Waals surface area (Å²) in [5.41, 5.74) is 8.83. The van der Waals surface area contributed by atoms with Crippen LogP contribution in [0.5, 0.6) is 0 Å². The van der Waals surface area contributed by atoms with E-state index in [9.17, 15) is 4.79 Å². The first kappa shape index (κ1) is 11.5. The van der Waals surface area contributed by atoms with Crippen molar-refractivity contribution in [3.63, 3.8) is 0 Å². The molecule has 0 aromatic heterocycles. The standard InChI is InChI=1S/C10H21N3O/c1-4-8-5-9(14)13(12-8)7-10(2,3)6-11/h8,12H,4-7,11H2,1-3H3. The minimum Gasteiger partial charge on any atom is -0.330 e. The normalized spacial score (nSPS) is 23.3. The summed E-state index contributed by atoms with van der Waals surface area (Å²) in [6.45, 7) is 7.51. The number of nitrogens with two attached hydrogens (primary N) is 1. The molecule has 14 heavy (non-hydrogen) atoms. The van der Waals surface area contributed by atoms with Crippen molar-refractivity contribution in [3.05, 3.63) is 0 Å². The van der Waals surface area contributed by atoms with E-state index in [1.165, 1.54) is 0 Å². The van der Waals surface area contributed by atoms with Crippen LogP contribution in [0.2, 0.25) is 0 Å². The first-order valence-electron chi connectivity index (χ1n) is 5.25. The van der Waals surface area contributed by atoms with E-state index in [2.05, 4.69) is 26.2 Å². The van der Waals surface area contributed by atoms with Crippen LogP contribution in [0.4, 0.5) is 0 Å². The van der Waals surface area contributed by atoms with Gasteiger partial charge in [-0.3, -0.25) is 9.80 Å². The van der Waals surface area contributed by atoms with Crippen LogP contribution in [-0.2, 0) is 4.79 Å². The molecule has 1 fully saturated rings. The van der Waals surface area contributed by atoms with E-state index in [-0.39, 0.29) is 11.3 Å². The van der Waals surface area contributed by atoms with Crippen molar-refractivity contribution >= 4 is 5.91 Å². The lowest BCUT2D eigenvalue weighted by Gasteiger charge is -2.29. The van der Waals surface area contributed by atoms with Crippen molar-refractivity contribution in [1.29, 1.82) is 0 Å². The Kier molecular flexibility index (Phi) is 3.50. The van der Waals surface area contributed by atoms with Crippen molar-refractivity contribution in [2.75, 3.05) is 13.1 Å². The second kappa shape index (κ2) is 4.28. The van der Waals surface area contributed by atoms with E-state index in [0.29, 0.717) is 25.6 Å². The number of carbonyl (C=O) groups is 1. The summed E-state index contributed by atoms with van der Waals surface area (Å²) in [6.07, 6.45) is 1.61. The number of nitrogens with one attached hydrogen (secondary N) is 1. The lowest BCUT2D eigenvalue weighted by molar-refractivity contribution is -0.130. The van der Waals surface area contributed by atoms with Gasteiger partial charge in [-0.1, -0.05) is 20.8 Å². The molecule has 1 aliphatic rings. The molecule has 4 nitrogen and oxygen atoms in total. The largest absolute Gasteiger partial charge is 0.330 e. The molecule has 0 aromatic rings. The summed E-state index contributed by atoms with van der Waals surface area (Å²) >= 11 is 0. The van der Waals surface area contributed by atoms with Crippen molar-refractivity contribution < 1.29 is 4.79 Å². The first-order chi connectivity index (χ1) is 6.48. The fraction of sp³-hybridized carbons (Fsp3) is 0.900. The van der Waals surface area contributed by atoms with Gasteiger partial charge in [-0.05, 0) is 18.4 Å². The average Bonchev–Trinajstić information content (AvgIpc) is 2.47. The molecule has 0 saturated carbocycles. The van der Waals surface area contributed by atoms with E-state index >= 15 is 0 Å². The summed E-state index contributed by atoms with van der Waals surface area (Å²) in [5, 5.41) is 1.72. The minimum atomic E-state index is -0.00864. The molecule has 0 aliphatic carbocycles. The molecule has 1 aliphatic heterocycles. The molecule has 1 atom stereocenters. The third-order valence-corrected chi connectivity index (χ3v) is 2.69.